The van der Waals surface area contributed by atoms with Gasteiger partial charge in [-0.15, -0.1) is 0 Å². The SMILES string of the molecule is O=COCCCc1ccc([N+](=O)[O-])cc1. The second-order valence-corrected chi connectivity index (χ2v) is 2.99. The molecule has 1 aromatic carbocycles. The van der Waals surface area contributed by atoms with Gasteiger partial charge in [-0.25, -0.2) is 0 Å². The van der Waals surface area contributed by atoms with Crippen LogP contribution in [0.3, 0.4) is 0 Å². The summed E-state index contributed by atoms with van der Waals surface area (Å²) in [6, 6.07) is 6.35. The molecule has 0 bridgehead atoms. The highest BCUT2D eigenvalue weighted by Crippen LogP contribution is 2.12. The Morgan fingerprint density at radius 3 is 2.53 bits per heavy atom. The molecule has 0 N–H and O–H groups in total. The molecular formula is C10H11NO4. The van der Waals surface area contributed by atoms with Gasteiger partial charge < -0.3 is 4.74 Å². The summed E-state index contributed by atoms with van der Waals surface area (Å²) in [6.07, 6.45) is 1.46. The van der Waals surface area contributed by atoms with Gasteiger partial charge >= 0.3 is 0 Å². The second-order valence-electron chi connectivity index (χ2n) is 2.99. The average molecular weight is 209 g/mol. The van der Waals surface area contributed by atoms with Crippen molar-refractivity contribution >= 4 is 12.2 Å². The van der Waals surface area contributed by atoms with Crippen molar-refractivity contribution in [2.45, 2.75) is 12.8 Å². The van der Waals surface area contributed by atoms with Crippen molar-refractivity contribution in [3.05, 3.63) is 39.9 Å². The van der Waals surface area contributed by atoms with E-state index in [1.807, 2.05) is 0 Å². The number of carbonyl (C=O) groups excluding carboxylic acids is 1. The Balaban J connectivity index is 2.42. The van der Waals surface area contributed by atoms with E-state index in [4.69, 9.17) is 0 Å². The van der Waals surface area contributed by atoms with Crippen molar-refractivity contribution in [2.24, 2.45) is 0 Å². The quantitative estimate of drug-likeness (QED) is 0.309. The summed E-state index contributed by atoms with van der Waals surface area (Å²) in [5.41, 5.74) is 1.08. The smallest absolute Gasteiger partial charge is 0.293 e. The van der Waals surface area contributed by atoms with Crippen LogP contribution in [-0.2, 0) is 16.0 Å². The third kappa shape index (κ3) is 3.76. The Kier molecular flexibility index (Phi) is 4.28. The zero-order valence-corrected chi connectivity index (χ0v) is 8.09. The zero-order chi connectivity index (χ0) is 11.1. The van der Waals surface area contributed by atoms with Crippen LogP contribution in [0.4, 0.5) is 5.69 Å². The van der Waals surface area contributed by atoms with E-state index < -0.39 is 4.92 Å². The van der Waals surface area contributed by atoms with Crippen molar-refractivity contribution in [1.82, 2.24) is 0 Å². The summed E-state index contributed by atoms with van der Waals surface area (Å²) in [6.45, 7) is 0.788. The predicted molar refractivity (Wildman–Crippen MR) is 53.4 cm³/mol. The number of nitrogens with zero attached hydrogens (tertiary/aromatic N) is 1. The van der Waals surface area contributed by atoms with E-state index in [1.165, 1.54) is 12.1 Å². The van der Waals surface area contributed by atoms with Crippen molar-refractivity contribution in [1.29, 1.82) is 0 Å². The fourth-order valence-corrected chi connectivity index (χ4v) is 1.19. The van der Waals surface area contributed by atoms with Gasteiger partial charge in [0.25, 0.3) is 12.2 Å². The molecule has 0 amide bonds. The molecule has 1 aromatic rings. The van der Waals surface area contributed by atoms with E-state index in [-0.39, 0.29) is 5.69 Å². The number of hydrogen-bond acceptors (Lipinski definition) is 4. The van der Waals surface area contributed by atoms with Crippen LogP contribution in [0.2, 0.25) is 0 Å². The maximum absolute atomic E-state index is 10.4. The van der Waals surface area contributed by atoms with Gasteiger partial charge in [0, 0.05) is 12.1 Å². The minimum Gasteiger partial charge on any atom is -0.468 e. The Labute approximate surface area is 86.8 Å². The highest BCUT2D eigenvalue weighted by atomic mass is 16.6. The summed E-state index contributed by atoms with van der Waals surface area (Å²) in [7, 11) is 0. The fourth-order valence-electron chi connectivity index (χ4n) is 1.19. The van der Waals surface area contributed by atoms with Crippen LogP contribution in [0, 0.1) is 10.1 Å². The lowest BCUT2D eigenvalue weighted by molar-refractivity contribution is -0.384. The van der Waals surface area contributed by atoms with E-state index in [1.54, 1.807) is 12.1 Å². The number of benzene rings is 1. The van der Waals surface area contributed by atoms with Gasteiger partial charge in [0.15, 0.2) is 0 Å². The standard InChI is InChI=1S/C10H11NO4/c12-8-15-7-1-2-9-3-5-10(6-4-9)11(13)14/h3-6,8H,1-2,7H2. The Hall–Kier alpha value is -1.91. The molecule has 0 aliphatic heterocycles. The van der Waals surface area contributed by atoms with Gasteiger partial charge in [-0.2, -0.15) is 0 Å². The number of hydrogen-bond donors (Lipinski definition) is 0. The molecule has 0 atom stereocenters. The minimum absolute atomic E-state index is 0.0860. The molecule has 80 valence electrons. The number of rotatable bonds is 6. The van der Waals surface area contributed by atoms with Crippen LogP contribution >= 0.6 is 0 Å². The molecule has 0 aliphatic rings. The first-order valence-electron chi connectivity index (χ1n) is 4.52. The Morgan fingerprint density at radius 1 is 1.33 bits per heavy atom. The molecule has 0 aliphatic carbocycles. The number of ether oxygens (including phenoxy) is 1. The topological polar surface area (TPSA) is 69.4 Å². The van der Waals surface area contributed by atoms with Gasteiger partial charge in [-0.05, 0) is 18.4 Å². The number of nitro groups is 1. The molecule has 0 saturated heterocycles. The Bertz CT molecular complexity index is 334. The number of non-ortho nitro benzene ring substituents is 1. The van der Waals surface area contributed by atoms with Crippen LogP contribution < -0.4 is 0 Å². The van der Waals surface area contributed by atoms with Crippen molar-refractivity contribution in [3.8, 4) is 0 Å². The first-order chi connectivity index (χ1) is 7.24. The summed E-state index contributed by atoms with van der Waals surface area (Å²) in [5, 5.41) is 10.4. The van der Waals surface area contributed by atoms with E-state index >= 15 is 0 Å². The lowest BCUT2D eigenvalue weighted by Crippen LogP contribution is -1.95. The third-order valence-electron chi connectivity index (χ3n) is 1.94. The van der Waals surface area contributed by atoms with E-state index in [9.17, 15) is 14.9 Å². The molecule has 0 fully saturated rings. The van der Waals surface area contributed by atoms with E-state index in [0.29, 0.717) is 13.1 Å². The van der Waals surface area contributed by atoms with Crippen LogP contribution in [0.25, 0.3) is 0 Å². The molecule has 15 heavy (non-hydrogen) atoms. The van der Waals surface area contributed by atoms with Crippen LogP contribution in [0.1, 0.15) is 12.0 Å². The molecule has 0 spiro atoms. The van der Waals surface area contributed by atoms with Crippen LogP contribution in [-0.4, -0.2) is 18.0 Å². The second kappa shape index (κ2) is 5.74. The van der Waals surface area contributed by atoms with E-state index in [2.05, 4.69) is 4.74 Å². The van der Waals surface area contributed by atoms with Gasteiger partial charge in [0.2, 0.25) is 0 Å². The van der Waals surface area contributed by atoms with Crippen molar-refractivity contribution in [2.75, 3.05) is 6.61 Å². The van der Waals surface area contributed by atoms with Crippen molar-refractivity contribution < 1.29 is 14.5 Å². The van der Waals surface area contributed by atoms with Crippen molar-refractivity contribution in [3.63, 3.8) is 0 Å². The first kappa shape index (κ1) is 11.2. The zero-order valence-electron chi connectivity index (χ0n) is 8.09. The lowest BCUT2D eigenvalue weighted by Gasteiger charge is -2.00. The monoisotopic (exact) mass is 209 g/mol. The number of aryl methyl sites for hydroxylation is 1. The highest BCUT2D eigenvalue weighted by molar-refractivity contribution is 5.36. The summed E-state index contributed by atoms with van der Waals surface area (Å²) in [4.78, 5) is 19.8. The van der Waals surface area contributed by atoms with Crippen LogP contribution in [0.15, 0.2) is 24.3 Å². The molecular weight excluding hydrogens is 198 g/mol. The lowest BCUT2D eigenvalue weighted by atomic mass is 10.1. The van der Waals surface area contributed by atoms with Crippen LogP contribution in [0.5, 0.6) is 0 Å². The summed E-state index contributed by atoms with van der Waals surface area (Å²) >= 11 is 0. The Morgan fingerprint density at radius 2 is 2.00 bits per heavy atom. The van der Waals surface area contributed by atoms with E-state index in [0.717, 1.165) is 18.4 Å². The normalized spacial score (nSPS) is 9.60. The molecule has 0 unspecified atom stereocenters. The van der Waals surface area contributed by atoms with Gasteiger partial charge in [-0.1, -0.05) is 12.1 Å². The predicted octanol–water partition coefficient (Wildman–Crippen LogP) is 1.70. The van der Waals surface area contributed by atoms with Gasteiger partial charge in [0.05, 0.1) is 11.5 Å². The molecule has 0 radical (unpaired) electrons. The average Bonchev–Trinajstić information content (AvgIpc) is 2.25. The third-order valence-corrected chi connectivity index (χ3v) is 1.94. The maximum atomic E-state index is 10.4. The van der Waals surface area contributed by atoms with Gasteiger partial charge in [-0.3, -0.25) is 14.9 Å². The number of carbonyl (C=O) groups is 1. The summed E-state index contributed by atoms with van der Waals surface area (Å²) in [5.74, 6) is 0. The minimum atomic E-state index is -0.431. The molecule has 5 heteroatoms. The molecule has 0 aromatic heterocycles. The largest absolute Gasteiger partial charge is 0.468 e. The first-order valence-corrected chi connectivity index (χ1v) is 4.52. The highest BCUT2D eigenvalue weighted by Gasteiger charge is 2.03. The molecule has 1 rings (SSSR count). The molecule has 0 saturated carbocycles. The molecule has 0 heterocycles. The summed E-state index contributed by atoms with van der Waals surface area (Å²) < 4.78 is 4.53. The molecule has 5 nitrogen and oxygen atoms in total. The fraction of sp³-hybridized carbons (Fsp3) is 0.300. The number of nitro benzene ring substituents is 1. The van der Waals surface area contributed by atoms with Gasteiger partial charge in [0.1, 0.15) is 0 Å². The maximum Gasteiger partial charge on any atom is 0.293 e.